The van der Waals surface area contributed by atoms with Crippen molar-refractivity contribution in [1.82, 2.24) is 5.32 Å². The van der Waals surface area contributed by atoms with E-state index in [4.69, 9.17) is 4.74 Å². The molecule has 1 heterocycles. The first kappa shape index (κ1) is 10.4. The van der Waals surface area contributed by atoms with Gasteiger partial charge in [-0.25, -0.2) is 4.39 Å². The number of esters is 1. The van der Waals surface area contributed by atoms with Crippen LogP contribution >= 0.6 is 0 Å². The minimum absolute atomic E-state index is 0.387. The minimum Gasteiger partial charge on any atom is -0.459 e. The fourth-order valence-electron chi connectivity index (χ4n) is 1.11. The summed E-state index contributed by atoms with van der Waals surface area (Å²) in [5.74, 6) is -0.429. The van der Waals surface area contributed by atoms with Crippen LogP contribution in [0.3, 0.4) is 0 Å². The van der Waals surface area contributed by atoms with Crippen LogP contribution in [0.2, 0.25) is 0 Å². The Hall–Kier alpha value is -0.640. The van der Waals surface area contributed by atoms with Crippen molar-refractivity contribution in [1.29, 1.82) is 0 Å². The van der Waals surface area contributed by atoms with E-state index in [-0.39, 0.29) is 0 Å². The van der Waals surface area contributed by atoms with Gasteiger partial charge in [0.25, 0.3) is 0 Å². The highest BCUT2D eigenvalue weighted by atomic mass is 19.1. The molecule has 0 radical (unpaired) electrons. The van der Waals surface area contributed by atoms with Crippen LogP contribution in [-0.4, -0.2) is 31.3 Å². The molecule has 13 heavy (non-hydrogen) atoms. The van der Waals surface area contributed by atoms with Gasteiger partial charge < -0.3 is 10.1 Å². The molecule has 0 spiro atoms. The normalized spacial score (nSPS) is 20.6. The van der Waals surface area contributed by atoms with Crippen LogP contribution in [0.5, 0.6) is 0 Å². The standard InChI is InChI=1S/C9H16FNO2/c1-8(2,3)13-7(12)9(4-10)5-11-6-9/h11H,4-6H2,1-3H3. The second-order valence-electron chi connectivity index (χ2n) is 4.52. The van der Waals surface area contributed by atoms with E-state index >= 15 is 0 Å². The number of nitrogens with one attached hydrogen (secondary N) is 1. The van der Waals surface area contributed by atoms with Crippen LogP contribution < -0.4 is 5.32 Å². The summed E-state index contributed by atoms with van der Waals surface area (Å²) in [6.07, 6.45) is 0. The highest BCUT2D eigenvalue weighted by molar-refractivity contribution is 5.79. The van der Waals surface area contributed by atoms with E-state index in [9.17, 15) is 9.18 Å². The quantitative estimate of drug-likeness (QED) is 0.655. The Morgan fingerprint density at radius 3 is 2.31 bits per heavy atom. The molecule has 1 N–H and O–H groups in total. The number of rotatable bonds is 2. The van der Waals surface area contributed by atoms with E-state index < -0.39 is 23.7 Å². The highest BCUT2D eigenvalue weighted by Crippen LogP contribution is 2.27. The lowest BCUT2D eigenvalue weighted by Gasteiger charge is -2.39. The van der Waals surface area contributed by atoms with Gasteiger partial charge in [0, 0.05) is 13.1 Å². The van der Waals surface area contributed by atoms with Gasteiger partial charge >= 0.3 is 5.97 Å². The molecule has 1 aliphatic heterocycles. The first-order valence-electron chi connectivity index (χ1n) is 4.40. The van der Waals surface area contributed by atoms with Gasteiger partial charge in [-0.1, -0.05) is 0 Å². The molecule has 0 saturated carbocycles. The molecule has 0 atom stereocenters. The lowest BCUT2D eigenvalue weighted by Crippen LogP contribution is -2.60. The summed E-state index contributed by atoms with van der Waals surface area (Å²) < 4.78 is 17.7. The molecule has 76 valence electrons. The van der Waals surface area contributed by atoms with Gasteiger partial charge in [0.15, 0.2) is 0 Å². The monoisotopic (exact) mass is 189 g/mol. The summed E-state index contributed by atoms with van der Waals surface area (Å²) in [4.78, 5) is 11.5. The van der Waals surface area contributed by atoms with Crippen LogP contribution in [0.4, 0.5) is 4.39 Å². The number of halogens is 1. The Balaban J connectivity index is 2.56. The van der Waals surface area contributed by atoms with Gasteiger partial charge in [-0.3, -0.25) is 4.79 Å². The van der Waals surface area contributed by atoms with Crippen molar-refractivity contribution in [2.45, 2.75) is 26.4 Å². The van der Waals surface area contributed by atoms with E-state index in [1.807, 2.05) is 0 Å². The van der Waals surface area contributed by atoms with E-state index in [1.54, 1.807) is 20.8 Å². The lowest BCUT2D eigenvalue weighted by atomic mass is 9.83. The Morgan fingerprint density at radius 2 is 2.08 bits per heavy atom. The Morgan fingerprint density at radius 1 is 1.54 bits per heavy atom. The van der Waals surface area contributed by atoms with Crippen LogP contribution in [0.25, 0.3) is 0 Å². The molecular weight excluding hydrogens is 173 g/mol. The van der Waals surface area contributed by atoms with Crippen molar-refractivity contribution in [3.05, 3.63) is 0 Å². The zero-order valence-electron chi connectivity index (χ0n) is 8.32. The fourth-order valence-corrected chi connectivity index (χ4v) is 1.11. The third-order valence-electron chi connectivity index (χ3n) is 2.01. The first-order chi connectivity index (χ1) is 5.90. The summed E-state index contributed by atoms with van der Waals surface area (Å²) in [6, 6.07) is 0. The van der Waals surface area contributed by atoms with Gasteiger partial charge in [-0.2, -0.15) is 0 Å². The van der Waals surface area contributed by atoms with Gasteiger partial charge in [0.05, 0.1) is 0 Å². The molecule has 3 nitrogen and oxygen atoms in total. The van der Waals surface area contributed by atoms with E-state index in [1.165, 1.54) is 0 Å². The first-order valence-corrected chi connectivity index (χ1v) is 4.40. The zero-order chi connectivity index (χ0) is 10.1. The number of hydrogen-bond acceptors (Lipinski definition) is 3. The lowest BCUT2D eigenvalue weighted by molar-refractivity contribution is -0.172. The molecule has 1 rings (SSSR count). The van der Waals surface area contributed by atoms with Crippen molar-refractivity contribution in [3.63, 3.8) is 0 Å². The molecule has 0 bridgehead atoms. The van der Waals surface area contributed by atoms with Crippen molar-refractivity contribution >= 4 is 5.97 Å². The number of carbonyl (C=O) groups excluding carboxylic acids is 1. The van der Waals surface area contributed by atoms with E-state index in [0.29, 0.717) is 13.1 Å². The second-order valence-corrected chi connectivity index (χ2v) is 4.52. The van der Waals surface area contributed by atoms with Gasteiger partial charge in [0.2, 0.25) is 0 Å². The summed E-state index contributed by atoms with van der Waals surface area (Å²) in [5, 5.41) is 2.88. The number of hydrogen-bond donors (Lipinski definition) is 1. The maximum atomic E-state index is 12.6. The molecule has 0 aliphatic carbocycles. The maximum Gasteiger partial charge on any atom is 0.317 e. The topological polar surface area (TPSA) is 38.3 Å². The maximum absolute atomic E-state index is 12.6. The van der Waals surface area contributed by atoms with Gasteiger partial charge in [0.1, 0.15) is 17.7 Å². The molecule has 1 saturated heterocycles. The van der Waals surface area contributed by atoms with Crippen molar-refractivity contribution in [2.75, 3.05) is 19.8 Å². The second kappa shape index (κ2) is 3.25. The summed E-state index contributed by atoms with van der Waals surface area (Å²) >= 11 is 0. The van der Waals surface area contributed by atoms with Crippen molar-refractivity contribution < 1.29 is 13.9 Å². The predicted molar refractivity (Wildman–Crippen MR) is 47.1 cm³/mol. The van der Waals surface area contributed by atoms with Gasteiger partial charge in [-0.05, 0) is 20.8 Å². The minimum atomic E-state index is -0.909. The van der Waals surface area contributed by atoms with Crippen molar-refractivity contribution in [2.24, 2.45) is 5.41 Å². The molecule has 1 fully saturated rings. The highest BCUT2D eigenvalue weighted by Gasteiger charge is 2.47. The SMILES string of the molecule is CC(C)(C)OC(=O)C1(CF)CNC1. The van der Waals surface area contributed by atoms with E-state index in [0.717, 1.165) is 0 Å². The average molecular weight is 189 g/mol. The summed E-state index contributed by atoms with van der Waals surface area (Å²) in [6.45, 7) is 5.47. The molecule has 0 aromatic rings. The largest absolute Gasteiger partial charge is 0.459 e. The van der Waals surface area contributed by atoms with Crippen LogP contribution in [0.15, 0.2) is 0 Å². The average Bonchev–Trinajstić information content (AvgIpc) is 1.80. The Kier molecular flexibility index (Phi) is 2.61. The predicted octanol–water partition coefficient (Wildman–Crippen LogP) is 0.887. The van der Waals surface area contributed by atoms with E-state index in [2.05, 4.69) is 5.32 Å². The Bertz CT molecular complexity index is 201. The molecule has 4 heteroatoms. The number of ether oxygens (including phenoxy) is 1. The third-order valence-corrected chi connectivity index (χ3v) is 2.01. The van der Waals surface area contributed by atoms with Crippen molar-refractivity contribution in [3.8, 4) is 0 Å². The smallest absolute Gasteiger partial charge is 0.317 e. The molecule has 0 unspecified atom stereocenters. The fraction of sp³-hybridized carbons (Fsp3) is 0.889. The van der Waals surface area contributed by atoms with Crippen LogP contribution in [0, 0.1) is 5.41 Å². The third kappa shape index (κ3) is 2.18. The summed E-state index contributed by atoms with van der Waals surface area (Å²) in [7, 11) is 0. The van der Waals surface area contributed by atoms with Crippen LogP contribution in [-0.2, 0) is 9.53 Å². The molecule has 0 aromatic carbocycles. The number of carbonyl (C=O) groups is 1. The molecular formula is C9H16FNO2. The van der Waals surface area contributed by atoms with Gasteiger partial charge in [-0.15, -0.1) is 0 Å². The van der Waals surface area contributed by atoms with Crippen LogP contribution in [0.1, 0.15) is 20.8 Å². The summed E-state index contributed by atoms with van der Waals surface area (Å²) in [5.41, 5.74) is -1.44. The number of alkyl halides is 1. The molecule has 1 aliphatic rings. The molecule has 0 aromatic heterocycles. The Labute approximate surface area is 77.6 Å². The molecule has 0 amide bonds. The zero-order valence-corrected chi connectivity index (χ0v) is 8.32.